The van der Waals surface area contributed by atoms with Crippen LogP contribution in [-0.4, -0.2) is 0 Å². The standard InChI is InChI=1S/C13H20.C4H10/c1-5-10(2)8-13-9-11(3)6-7-12(13)4;1-3-4-2/h6-7,9-10H,5,8H2,1-4H3;3-4H2,1-2H3. The summed E-state index contributed by atoms with van der Waals surface area (Å²) in [5, 5.41) is 0. The van der Waals surface area contributed by atoms with E-state index in [0.717, 1.165) is 5.92 Å². The van der Waals surface area contributed by atoms with Crippen LogP contribution in [0.5, 0.6) is 0 Å². The van der Waals surface area contributed by atoms with Gasteiger partial charge in [0.15, 0.2) is 0 Å². The van der Waals surface area contributed by atoms with Crippen LogP contribution in [0, 0.1) is 19.8 Å². The number of unbranched alkanes of at least 4 members (excludes halogenated alkanes) is 1. The average Bonchev–Trinajstić information content (AvgIpc) is 2.34. The van der Waals surface area contributed by atoms with Gasteiger partial charge < -0.3 is 0 Å². The first-order chi connectivity index (χ1) is 8.04. The zero-order valence-corrected chi connectivity index (χ0v) is 12.6. The zero-order valence-electron chi connectivity index (χ0n) is 12.6. The lowest BCUT2D eigenvalue weighted by Crippen LogP contribution is -2.00. The van der Waals surface area contributed by atoms with Crippen molar-refractivity contribution in [2.45, 2.75) is 67.2 Å². The van der Waals surface area contributed by atoms with E-state index >= 15 is 0 Å². The summed E-state index contributed by atoms with van der Waals surface area (Å²) in [4.78, 5) is 0. The second-order valence-corrected chi connectivity index (χ2v) is 5.15. The third-order valence-corrected chi connectivity index (χ3v) is 3.27. The molecule has 0 saturated heterocycles. The van der Waals surface area contributed by atoms with Crippen molar-refractivity contribution in [3.05, 3.63) is 34.9 Å². The fourth-order valence-electron chi connectivity index (χ4n) is 1.54. The summed E-state index contributed by atoms with van der Waals surface area (Å²) in [5.41, 5.74) is 4.34. The van der Waals surface area contributed by atoms with Crippen molar-refractivity contribution in [3.8, 4) is 0 Å². The van der Waals surface area contributed by atoms with E-state index < -0.39 is 0 Å². The van der Waals surface area contributed by atoms with Crippen molar-refractivity contribution >= 4 is 0 Å². The zero-order chi connectivity index (χ0) is 13.3. The van der Waals surface area contributed by atoms with Crippen LogP contribution in [0.15, 0.2) is 18.2 Å². The van der Waals surface area contributed by atoms with Gasteiger partial charge in [-0.3, -0.25) is 0 Å². The molecule has 0 amide bonds. The van der Waals surface area contributed by atoms with E-state index in [1.807, 2.05) is 0 Å². The molecule has 1 unspecified atom stereocenters. The molecule has 0 spiro atoms. The number of aryl methyl sites for hydroxylation is 2. The number of benzene rings is 1. The SMILES string of the molecule is CCC(C)Cc1cc(C)ccc1C.CCCC. The molecule has 1 atom stereocenters. The van der Waals surface area contributed by atoms with Gasteiger partial charge in [0, 0.05) is 0 Å². The van der Waals surface area contributed by atoms with E-state index in [-0.39, 0.29) is 0 Å². The average molecular weight is 234 g/mol. The molecule has 17 heavy (non-hydrogen) atoms. The molecule has 0 aromatic heterocycles. The lowest BCUT2D eigenvalue weighted by molar-refractivity contribution is 0.558. The van der Waals surface area contributed by atoms with Crippen molar-refractivity contribution < 1.29 is 0 Å². The topological polar surface area (TPSA) is 0 Å². The number of rotatable bonds is 4. The van der Waals surface area contributed by atoms with Crippen LogP contribution < -0.4 is 0 Å². The molecule has 0 aliphatic heterocycles. The molecular formula is C17H30. The molecule has 0 fully saturated rings. The minimum absolute atomic E-state index is 0.806. The molecule has 0 aliphatic rings. The monoisotopic (exact) mass is 234 g/mol. The lowest BCUT2D eigenvalue weighted by atomic mass is 9.94. The van der Waals surface area contributed by atoms with E-state index in [9.17, 15) is 0 Å². The van der Waals surface area contributed by atoms with E-state index in [2.05, 4.69) is 59.7 Å². The summed E-state index contributed by atoms with van der Waals surface area (Å²) < 4.78 is 0. The maximum atomic E-state index is 2.32. The first kappa shape index (κ1) is 16.2. The lowest BCUT2D eigenvalue weighted by Gasteiger charge is -2.11. The Morgan fingerprint density at radius 1 is 1.00 bits per heavy atom. The Morgan fingerprint density at radius 3 is 2.06 bits per heavy atom. The van der Waals surface area contributed by atoms with Crippen LogP contribution >= 0.6 is 0 Å². The van der Waals surface area contributed by atoms with E-state index in [1.165, 1.54) is 42.4 Å². The van der Waals surface area contributed by atoms with Crippen LogP contribution in [0.25, 0.3) is 0 Å². The largest absolute Gasteiger partial charge is 0.0654 e. The summed E-state index contributed by atoms with van der Waals surface area (Å²) >= 11 is 0. The number of hydrogen-bond donors (Lipinski definition) is 0. The highest BCUT2D eigenvalue weighted by atomic mass is 14.1. The smallest absolute Gasteiger partial charge is 0.0250 e. The van der Waals surface area contributed by atoms with Gasteiger partial charge in [-0.15, -0.1) is 0 Å². The van der Waals surface area contributed by atoms with Gasteiger partial charge in [-0.1, -0.05) is 70.7 Å². The van der Waals surface area contributed by atoms with E-state index in [0.29, 0.717) is 0 Å². The molecule has 0 heteroatoms. The van der Waals surface area contributed by atoms with Crippen LogP contribution in [0.4, 0.5) is 0 Å². The van der Waals surface area contributed by atoms with Gasteiger partial charge in [-0.2, -0.15) is 0 Å². The predicted octanol–water partition coefficient (Wildman–Crippen LogP) is 5.70. The molecule has 0 saturated carbocycles. The Morgan fingerprint density at radius 2 is 1.59 bits per heavy atom. The molecule has 98 valence electrons. The number of hydrogen-bond acceptors (Lipinski definition) is 0. The summed E-state index contributed by atoms with van der Waals surface area (Å²) in [7, 11) is 0. The Hall–Kier alpha value is -0.780. The Balaban J connectivity index is 0.000000557. The normalized spacial score (nSPS) is 11.6. The maximum Gasteiger partial charge on any atom is -0.0250 e. The van der Waals surface area contributed by atoms with Gasteiger partial charge in [0.2, 0.25) is 0 Å². The molecule has 1 rings (SSSR count). The second kappa shape index (κ2) is 9.27. The highest BCUT2D eigenvalue weighted by molar-refractivity contribution is 5.30. The van der Waals surface area contributed by atoms with Crippen LogP contribution in [-0.2, 0) is 6.42 Å². The van der Waals surface area contributed by atoms with E-state index in [4.69, 9.17) is 0 Å². The predicted molar refractivity (Wildman–Crippen MR) is 79.7 cm³/mol. The first-order valence-corrected chi connectivity index (χ1v) is 7.11. The molecule has 1 aromatic carbocycles. The second-order valence-electron chi connectivity index (χ2n) is 5.15. The molecule has 0 heterocycles. The van der Waals surface area contributed by atoms with Gasteiger partial charge in [0.05, 0.1) is 0 Å². The van der Waals surface area contributed by atoms with Gasteiger partial charge >= 0.3 is 0 Å². The molecule has 0 bridgehead atoms. The summed E-state index contributed by atoms with van der Waals surface area (Å²) in [5.74, 6) is 0.806. The van der Waals surface area contributed by atoms with Crippen molar-refractivity contribution in [2.24, 2.45) is 5.92 Å². The van der Waals surface area contributed by atoms with Crippen molar-refractivity contribution in [3.63, 3.8) is 0 Å². The fraction of sp³-hybridized carbons (Fsp3) is 0.647. The van der Waals surface area contributed by atoms with Crippen molar-refractivity contribution in [2.75, 3.05) is 0 Å². The Bertz CT molecular complexity index is 297. The molecule has 0 aliphatic carbocycles. The highest BCUT2D eigenvalue weighted by Crippen LogP contribution is 2.16. The molecular weight excluding hydrogens is 204 g/mol. The van der Waals surface area contributed by atoms with Crippen molar-refractivity contribution in [1.29, 1.82) is 0 Å². The van der Waals surface area contributed by atoms with Crippen LogP contribution in [0.1, 0.15) is 63.6 Å². The van der Waals surface area contributed by atoms with Gasteiger partial charge in [-0.25, -0.2) is 0 Å². The molecule has 0 N–H and O–H groups in total. The summed E-state index contributed by atoms with van der Waals surface area (Å²) in [6.07, 6.45) is 5.14. The molecule has 0 nitrogen and oxygen atoms in total. The minimum Gasteiger partial charge on any atom is -0.0654 e. The minimum atomic E-state index is 0.806. The summed E-state index contributed by atoms with van der Waals surface area (Å²) in [6, 6.07) is 6.74. The Labute approximate surface area is 108 Å². The van der Waals surface area contributed by atoms with Gasteiger partial charge in [0.25, 0.3) is 0 Å². The van der Waals surface area contributed by atoms with Gasteiger partial charge in [-0.05, 0) is 37.3 Å². The maximum absolute atomic E-state index is 2.32. The first-order valence-electron chi connectivity index (χ1n) is 7.11. The highest BCUT2D eigenvalue weighted by Gasteiger charge is 2.03. The quantitative estimate of drug-likeness (QED) is 0.627. The molecule has 0 radical (unpaired) electrons. The van der Waals surface area contributed by atoms with Crippen LogP contribution in [0.2, 0.25) is 0 Å². The third kappa shape index (κ3) is 7.20. The summed E-state index contributed by atoms with van der Waals surface area (Å²) in [6.45, 7) is 13.3. The van der Waals surface area contributed by atoms with Gasteiger partial charge in [0.1, 0.15) is 0 Å². The fourth-order valence-corrected chi connectivity index (χ4v) is 1.54. The van der Waals surface area contributed by atoms with Crippen molar-refractivity contribution in [1.82, 2.24) is 0 Å². The third-order valence-electron chi connectivity index (χ3n) is 3.27. The molecule has 1 aromatic rings. The Kier molecular flexibility index (Phi) is 8.85. The van der Waals surface area contributed by atoms with Crippen LogP contribution in [0.3, 0.4) is 0 Å². The van der Waals surface area contributed by atoms with E-state index in [1.54, 1.807) is 0 Å².